The molecule has 0 aliphatic heterocycles. The molecule has 0 N–H and O–H groups in total. The fraction of sp³-hybridized carbons (Fsp3) is 0.0625. The molecule has 0 saturated heterocycles. The molecule has 0 unspecified atom stereocenters. The normalized spacial score (nSPS) is 10.8. The van der Waals surface area contributed by atoms with Crippen LogP contribution >= 0.6 is 23.2 Å². The number of halogens is 2. The van der Waals surface area contributed by atoms with Crippen LogP contribution in [0.4, 0.5) is 5.69 Å². The lowest BCUT2D eigenvalue weighted by molar-refractivity contribution is -0.384. The number of hydrogen-bond acceptors (Lipinski definition) is 5. The van der Waals surface area contributed by atoms with Crippen molar-refractivity contribution in [2.24, 2.45) is 0 Å². The highest BCUT2D eigenvalue weighted by atomic mass is 35.5. The first kappa shape index (κ1) is 16.3. The Morgan fingerprint density at radius 1 is 0.833 bits per heavy atom. The molecular formula is C16H10Cl2N4O2. The van der Waals surface area contributed by atoms with Gasteiger partial charge in [0.05, 0.1) is 4.92 Å². The van der Waals surface area contributed by atoms with Crippen molar-refractivity contribution in [2.75, 3.05) is 0 Å². The number of aromatic nitrogens is 3. The van der Waals surface area contributed by atoms with E-state index in [1.54, 1.807) is 12.1 Å². The highest BCUT2D eigenvalue weighted by Crippen LogP contribution is 2.27. The fourth-order valence-corrected chi connectivity index (χ4v) is 2.26. The number of nitrogens with zero attached hydrogens (tertiary/aromatic N) is 4. The quantitative estimate of drug-likeness (QED) is 0.386. The molecule has 0 fully saturated rings. The fourth-order valence-electron chi connectivity index (χ4n) is 2.07. The summed E-state index contributed by atoms with van der Waals surface area (Å²) in [7, 11) is 0. The van der Waals surface area contributed by atoms with Crippen molar-refractivity contribution in [3.05, 3.63) is 70.5 Å². The van der Waals surface area contributed by atoms with Crippen molar-refractivity contribution in [1.82, 2.24) is 15.0 Å². The van der Waals surface area contributed by atoms with Crippen molar-refractivity contribution < 1.29 is 4.92 Å². The predicted molar refractivity (Wildman–Crippen MR) is 91.8 cm³/mol. The third-order valence-corrected chi connectivity index (χ3v) is 3.61. The maximum atomic E-state index is 10.8. The van der Waals surface area contributed by atoms with Gasteiger partial charge in [0, 0.05) is 23.3 Å². The third-order valence-electron chi connectivity index (χ3n) is 3.22. The maximum Gasteiger partial charge on any atom is 0.269 e. The van der Waals surface area contributed by atoms with Crippen LogP contribution in [0.2, 0.25) is 0 Å². The molecule has 6 nitrogen and oxygen atoms in total. The third kappa shape index (κ3) is 3.50. The van der Waals surface area contributed by atoms with E-state index in [1.807, 2.05) is 30.3 Å². The molecule has 0 spiro atoms. The number of nitro benzene ring substituents is 1. The molecule has 1 heterocycles. The van der Waals surface area contributed by atoms with E-state index in [1.165, 1.54) is 12.1 Å². The molecule has 0 radical (unpaired) electrons. The zero-order chi connectivity index (χ0) is 17.1. The summed E-state index contributed by atoms with van der Waals surface area (Å²) in [6, 6.07) is 15.3. The molecule has 120 valence electrons. The Labute approximate surface area is 147 Å². The van der Waals surface area contributed by atoms with E-state index in [0.717, 1.165) is 5.56 Å². The Hall–Kier alpha value is -2.57. The molecule has 1 aromatic heterocycles. The van der Waals surface area contributed by atoms with Crippen LogP contribution in [0, 0.1) is 10.1 Å². The number of nitro groups is 1. The van der Waals surface area contributed by atoms with Crippen molar-refractivity contribution in [3.63, 3.8) is 0 Å². The van der Waals surface area contributed by atoms with Crippen molar-refractivity contribution >= 4 is 28.9 Å². The molecule has 0 amide bonds. The van der Waals surface area contributed by atoms with Crippen LogP contribution in [0.15, 0.2) is 54.6 Å². The van der Waals surface area contributed by atoms with Gasteiger partial charge in [-0.15, -0.1) is 0 Å². The average molecular weight is 361 g/mol. The van der Waals surface area contributed by atoms with Gasteiger partial charge in [0.25, 0.3) is 5.69 Å². The van der Waals surface area contributed by atoms with Gasteiger partial charge in [0.2, 0.25) is 0 Å². The lowest BCUT2D eigenvalue weighted by atomic mass is 10.2. The first-order valence-corrected chi connectivity index (χ1v) is 7.76. The number of alkyl halides is 2. The Balaban J connectivity index is 2.10. The lowest BCUT2D eigenvalue weighted by Crippen LogP contribution is -2.02. The zero-order valence-corrected chi connectivity index (χ0v) is 13.6. The van der Waals surface area contributed by atoms with Gasteiger partial charge in [-0.25, -0.2) is 15.0 Å². The van der Waals surface area contributed by atoms with Gasteiger partial charge in [-0.3, -0.25) is 10.1 Å². The molecule has 0 atom stereocenters. The summed E-state index contributed by atoms with van der Waals surface area (Å²) >= 11 is 11.8. The van der Waals surface area contributed by atoms with Crippen LogP contribution in [-0.2, 0) is 0 Å². The molecule has 3 aromatic rings. The lowest BCUT2D eigenvalue weighted by Gasteiger charge is -2.08. The van der Waals surface area contributed by atoms with E-state index in [2.05, 4.69) is 15.0 Å². The molecule has 24 heavy (non-hydrogen) atoms. The van der Waals surface area contributed by atoms with E-state index >= 15 is 0 Å². The van der Waals surface area contributed by atoms with Crippen LogP contribution < -0.4 is 0 Å². The van der Waals surface area contributed by atoms with E-state index in [-0.39, 0.29) is 11.5 Å². The molecule has 3 rings (SSSR count). The number of benzene rings is 2. The molecule has 0 aliphatic carbocycles. The predicted octanol–water partition coefficient (Wildman–Crippen LogP) is 4.59. The first-order valence-electron chi connectivity index (χ1n) is 6.89. The van der Waals surface area contributed by atoms with Gasteiger partial charge in [0.1, 0.15) is 0 Å². The molecule has 0 bridgehead atoms. The second kappa shape index (κ2) is 6.90. The van der Waals surface area contributed by atoms with Gasteiger partial charge in [0.15, 0.2) is 22.3 Å². The minimum atomic E-state index is -0.910. The van der Waals surface area contributed by atoms with Crippen LogP contribution in [0.1, 0.15) is 10.7 Å². The topological polar surface area (TPSA) is 81.8 Å². The zero-order valence-electron chi connectivity index (χ0n) is 12.1. The highest BCUT2D eigenvalue weighted by molar-refractivity contribution is 6.43. The summed E-state index contributed by atoms with van der Waals surface area (Å²) in [5.41, 5.74) is 1.39. The summed E-state index contributed by atoms with van der Waals surface area (Å²) in [4.78, 5) is 22.3. The Kier molecular flexibility index (Phi) is 4.69. The summed E-state index contributed by atoms with van der Waals surface area (Å²) in [6.45, 7) is 0. The van der Waals surface area contributed by atoms with Gasteiger partial charge in [-0.2, -0.15) is 0 Å². The number of hydrogen-bond donors (Lipinski definition) is 0. The maximum absolute atomic E-state index is 10.8. The Morgan fingerprint density at radius 2 is 1.38 bits per heavy atom. The summed E-state index contributed by atoms with van der Waals surface area (Å²) in [5.74, 6) is 1.00. The highest BCUT2D eigenvalue weighted by Gasteiger charge is 2.15. The summed E-state index contributed by atoms with van der Waals surface area (Å²) in [5, 5.41) is 10.8. The smallest absolute Gasteiger partial charge is 0.258 e. The summed E-state index contributed by atoms with van der Waals surface area (Å²) < 4.78 is 0. The van der Waals surface area contributed by atoms with Gasteiger partial charge in [-0.1, -0.05) is 53.5 Å². The minimum absolute atomic E-state index is 0.0103. The largest absolute Gasteiger partial charge is 0.269 e. The average Bonchev–Trinajstić information content (AvgIpc) is 2.62. The number of non-ortho nitro benzene ring substituents is 1. The molecular weight excluding hydrogens is 351 g/mol. The van der Waals surface area contributed by atoms with Crippen molar-refractivity contribution in [2.45, 2.75) is 4.84 Å². The van der Waals surface area contributed by atoms with E-state index < -0.39 is 9.76 Å². The summed E-state index contributed by atoms with van der Waals surface area (Å²) in [6.07, 6.45) is 0. The standard InChI is InChI=1S/C16H10Cl2N4O2/c17-13(18)16-20-14(10-4-2-1-3-5-10)19-15(21-16)11-6-8-12(9-7-11)22(23)24/h1-9,13H. The van der Waals surface area contributed by atoms with Crippen LogP contribution in [0.3, 0.4) is 0 Å². The van der Waals surface area contributed by atoms with E-state index in [0.29, 0.717) is 17.2 Å². The van der Waals surface area contributed by atoms with Crippen LogP contribution in [0.5, 0.6) is 0 Å². The van der Waals surface area contributed by atoms with Crippen molar-refractivity contribution in [3.8, 4) is 22.8 Å². The van der Waals surface area contributed by atoms with Crippen LogP contribution in [0.25, 0.3) is 22.8 Å². The SMILES string of the molecule is O=[N+]([O-])c1ccc(-c2nc(-c3ccccc3)nc(C(Cl)Cl)n2)cc1. The number of rotatable bonds is 4. The van der Waals surface area contributed by atoms with Gasteiger partial charge in [-0.05, 0) is 12.1 Å². The Morgan fingerprint density at radius 3 is 1.88 bits per heavy atom. The first-order chi connectivity index (χ1) is 11.5. The second-order valence-corrected chi connectivity index (χ2v) is 5.91. The van der Waals surface area contributed by atoms with Gasteiger partial charge >= 0.3 is 0 Å². The monoisotopic (exact) mass is 360 g/mol. The molecule has 8 heteroatoms. The van der Waals surface area contributed by atoms with Crippen molar-refractivity contribution in [1.29, 1.82) is 0 Å². The minimum Gasteiger partial charge on any atom is -0.258 e. The van der Waals surface area contributed by atoms with Gasteiger partial charge < -0.3 is 0 Å². The van der Waals surface area contributed by atoms with Crippen LogP contribution in [-0.4, -0.2) is 19.9 Å². The van der Waals surface area contributed by atoms with E-state index in [4.69, 9.17) is 23.2 Å². The molecule has 2 aromatic carbocycles. The molecule has 0 saturated carbocycles. The second-order valence-electron chi connectivity index (χ2n) is 4.81. The van der Waals surface area contributed by atoms with E-state index in [9.17, 15) is 10.1 Å². The molecule has 0 aliphatic rings. The Bertz CT molecular complexity index is 871.